The van der Waals surface area contributed by atoms with E-state index in [9.17, 15) is 8.42 Å². The third-order valence-electron chi connectivity index (χ3n) is 4.72. The van der Waals surface area contributed by atoms with E-state index >= 15 is 0 Å². The van der Waals surface area contributed by atoms with Crippen molar-refractivity contribution in [3.63, 3.8) is 0 Å². The molecule has 1 saturated carbocycles. The first-order chi connectivity index (χ1) is 11.5. The second-order valence-corrected chi connectivity index (χ2v) is 8.52. The molecule has 2 aliphatic rings. The van der Waals surface area contributed by atoms with Crippen LogP contribution in [0.5, 0.6) is 5.75 Å². The van der Waals surface area contributed by atoms with Crippen LogP contribution in [-0.4, -0.2) is 31.1 Å². The number of benzene rings is 1. The zero-order valence-corrected chi connectivity index (χ0v) is 14.6. The number of aromatic nitrogens is 2. The number of nitrogens with zero attached hydrogens (tertiary/aromatic N) is 2. The molecule has 1 aliphatic heterocycles. The van der Waals surface area contributed by atoms with E-state index in [4.69, 9.17) is 16.3 Å². The lowest BCUT2D eigenvalue weighted by Gasteiger charge is -2.36. The summed E-state index contributed by atoms with van der Waals surface area (Å²) in [6.07, 6.45) is 8.09. The first kappa shape index (κ1) is 15.9. The average molecular weight is 368 g/mol. The number of hydrogen-bond donors (Lipinski definition) is 1. The third kappa shape index (κ3) is 2.92. The monoisotopic (exact) mass is 367 g/mol. The summed E-state index contributed by atoms with van der Waals surface area (Å²) in [6.45, 7) is 0.919. The minimum absolute atomic E-state index is 0.146. The lowest BCUT2D eigenvalue weighted by atomic mass is 9.80. The average Bonchev–Trinajstić information content (AvgIpc) is 3.15. The maximum atomic E-state index is 12.6. The summed E-state index contributed by atoms with van der Waals surface area (Å²) in [5.74, 6) is 0.775. The number of halogens is 1. The van der Waals surface area contributed by atoms with Crippen LogP contribution in [0.15, 0.2) is 35.7 Å². The van der Waals surface area contributed by atoms with Gasteiger partial charge in [-0.2, -0.15) is 0 Å². The van der Waals surface area contributed by atoms with Crippen LogP contribution in [-0.2, 0) is 16.4 Å². The molecule has 2 aromatic rings. The van der Waals surface area contributed by atoms with E-state index in [1.165, 1.54) is 6.07 Å². The van der Waals surface area contributed by atoms with Crippen LogP contribution in [0.4, 0.5) is 0 Å². The molecule has 1 N–H and O–H groups in total. The highest BCUT2D eigenvalue weighted by Crippen LogP contribution is 2.38. The summed E-state index contributed by atoms with van der Waals surface area (Å²) < 4.78 is 35.5. The molecule has 0 unspecified atom stereocenters. The van der Waals surface area contributed by atoms with Gasteiger partial charge in [-0.3, -0.25) is 0 Å². The van der Waals surface area contributed by atoms with Crippen LogP contribution in [0.2, 0.25) is 5.02 Å². The van der Waals surface area contributed by atoms with Crippen LogP contribution in [0, 0.1) is 5.92 Å². The first-order valence-electron chi connectivity index (χ1n) is 7.95. The van der Waals surface area contributed by atoms with Crippen LogP contribution >= 0.6 is 11.6 Å². The highest BCUT2D eigenvalue weighted by molar-refractivity contribution is 7.89. The van der Waals surface area contributed by atoms with Gasteiger partial charge in [0.25, 0.3) is 0 Å². The van der Waals surface area contributed by atoms with Crippen molar-refractivity contribution in [3.8, 4) is 5.75 Å². The van der Waals surface area contributed by atoms with Gasteiger partial charge in [0.1, 0.15) is 10.6 Å². The predicted molar refractivity (Wildman–Crippen MR) is 89.8 cm³/mol. The van der Waals surface area contributed by atoms with Crippen molar-refractivity contribution in [3.05, 3.63) is 41.4 Å². The normalized spacial score (nSPS) is 22.7. The van der Waals surface area contributed by atoms with Crippen molar-refractivity contribution in [1.82, 2.24) is 14.3 Å². The standard InChI is InChI=1S/C16H18ClN3O3S/c17-13-7-12-1-4-23-16(12)15(8-13)24(21,22)19-9-11-5-14(6-11)20-3-2-18-10-20/h2-3,7-8,10-11,14,19H,1,4-6,9H2. The van der Waals surface area contributed by atoms with E-state index in [0.29, 0.717) is 42.3 Å². The smallest absolute Gasteiger partial charge is 0.244 e. The van der Waals surface area contributed by atoms with Gasteiger partial charge in [-0.25, -0.2) is 18.1 Å². The topological polar surface area (TPSA) is 73.2 Å². The maximum Gasteiger partial charge on any atom is 0.244 e. The quantitative estimate of drug-likeness (QED) is 0.880. The molecule has 1 aromatic heterocycles. The number of hydrogen-bond acceptors (Lipinski definition) is 4. The van der Waals surface area contributed by atoms with Crippen molar-refractivity contribution in [2.75, 3.05) is 13.2 Å². The number of fused-ring (bicyclic) bond motifs is 1. The molecule has 0 saturated heterocycles. The molecule has 6 nitrogen and oxygen atoms in total. The van der Waals surface area contributed by atoms with Crippen LogP contribution < -0.4 is 9.46 Å². The molecule has 0 spiro atoms. The summed E-state index contributed by atoms with van der Waals surface area (Å²) in [6, 6.07) is 3.65. The van der Waals surface area contributed by atoms with Gasteiger partial charge in [0, 0.05) is 42.0 Å². The Labute approximate surface area is 145 Å². The van der Waals surface area contributed by atoms with Crippen molar-refractivity contribution < 1.29 is 13.2 Å². The molecule has 0 amide bonds. The van der Waals surface area contributed by atoms with Gasteiger partial charge in [0.05, 0.1) is 12.9 Å². The van der Waals surface area contributed by atoms with Gasteiger partial charge in [-0.1, -0.05) is 11.6 Å². The maximum absolute atomic E-state index is 12.6. The van der Waals surface area contributed by atoms with Crippen molar-refractivity contribution in [2.45, 2.75) is 30.2 Å². The Morgan fingerprint density at radius 2 is 2.21 bits per heavy atom. The molecular weight excluding hydrogens is 350 g/mol. The third-order valence-corrected chi connectivity index (χ3v) is 6.37. The van der Waals surface area contributed by atoms with Gasteiger partial charge in [-0.15, -0.1) is 0 Å². The van der Waals surface area contributed by atoms with E-state index < -0.39 is 10.0 Å². The molecule has 0 atom stereocenters. The minimum atomic E-state index is -3.63. The number of rotatable bonds is 5. The van der Waals surface area contributed by atoms with E-state index in [2.05, 4.69) is 14.3 Å². The molecule has 2 heterocycles. The lowest BCUT2D eigenvalue weighted by Crippen LogP contribution is -2.36. The molecule has 0 bridgehead atoms. The Bertz CT molecular complexity index is 846. The minimum Gasteiger partial charge on any atom is -0.492 e. The molecule has 0 radical (unpaired) electrons. The number of imidazole rings is 1. The molecule has 1 fully saturated rings. The van der Waals surface area contributed by atoms with Crippen LogP contribution in [0.25, 0.3) is 0 Å². The summed E-state index contributed by atoms with van der Waals surface area (Å²) in [5, 5.41) is 0.420. The molecule has 128 valence electrons. The highest BCUT2D eigenvalue weighted by Gasteiger charge is 2.32. The van der Waals surface area contributed by atoms with Crippen molar-refractivity contribution in [1.29, 1.82) is 0 Å². The number of ether oxygens (including phenoxy) is 1. The van der Waals surface area contributed by atoms with E-state index in [-0.39, 0.29) is 4.90 Å². The second kappa shape index (κ2) is 6.06. The van der Waals surface area contributed by atoms with Crippen LogP contribution in [0.1, 0.15) is 24.4 Å². The largest absolute Gasteiger partial charge is 0.492 e. The van der Waals surface area contributed by atoms with Gasteiger partial charge < -0.3 is 9.30 Å². The van der Waals surface area contributed by atoms with E-state index in [1.807, 2.05) is 6.20 Å². The predicted octanol–water partition coefficient (Wildman–Crippen LogP) is 2.40. The fraction of sp³-hybridized carbons (Fsp3) is 0.438. The Morgan fingerprint density at radius 1 is 1.38 bits per heavy atom. The zero-order valence-electron chi connectivity index (χ0n) is 13.0. The molecule has 24 heavy (non-hydrogen) atoms. The second-order valence-electron chi connectivity index (χ2n) is 6.34. The van der Waals surface area contributed by atoms with Gasteiger partial charge in [0.2, 0.25) is 10.0 Å². The molecular formula is C16H18ClN3O3S. The van der Waals surface area contributed by atoms with Crippen molar-refractivity contribution in [2.24, 2.45) is 5.92 Å². The Hall–Kier alpha value is -1.57. The molecule has 8 heteroatoms. The summed E-state index contributed by atoms with van der Waals surface area (Å²) in [7, 11) is -3.63. The molecule has 1 aromatic carbocycles. The van der Waals surface area contributed by atoms with E-state index in [0.717, 1.165) is 18.4 Å². The fourth-order valence-electron chi connectivity index (χ4n) is 3.34. The lowest BCUT2D eigenvalue weighted by molar-refractivity contribution is 0.200. The van der Waals surface area contributed by atoms with Gasteiger partial charge >= 0.3 is 0 Å². The number of sulfonamides is 1. The number of nitrogens with one attached hydrogen (secondary N) is 1. The highest BCUT2D eigenvalue weighted by atomic mass is 35.5. The SMILES string of the molecule is O=S(=O)(NCC1CC(n2ccnc2)C1)c1cc(Cl)cc2c1OCC2. The van der Waals surface area contributed by atoms with Gasteiger partial charge in [-0.05, 0) is 30.9 Å². The Balaban J connectivity index is 1.42. The van der Waals surface area contributed by atoms with Crippen molar-refractivity contribution >= 4 is 21.6 Å². The van der Waals surface area contributed by atoms with Gasteiger partial charge in [0.15, 0.2) is 0 Å². The zero-order chi connectivity index (χ0) is 16.7. The summed E-state index contributed by atoms with van der Waals surface area (Å²) in [4.78, 5) is 4.19. The summed E-state index contributed by atoms with van der Waals surface area (Å²) in [5.41, 5.74) is 0.853. The van der Waals surface area contributed by atoms with Crippen LogP contribution in [0.3, 0.4) is 0 Å². The molecule has 1 aliphatic carbocycles. The molecule has 4 rings (SSSR count). The Kier molecular flexibility index (Phi) is 4.02. The Morgan fingerprint density at radius 3 is 2.96 bits per heavy atom. The fourth-order valence-corrected chi connectivity index (χ4v) is 4.97. The summed E-state index contributed by atoms with van der Waals surface area (Å²) >= 11 is 6.06. The van der Waals surface area contributed by atoms with E-state index in [1.54, 1.807) is 18.6 Å². The first-order valence-corrected chi connectivity index (χ1v) is 9.81.